The van der Waals surface area contributed by atoms with E-state index in [2.05, 4.69) is 15.4 Å². The number of likely N-dealkylation sites (tertiary alicyclic amines) is 1. The number of nitrogens with zero attached hydrogens (tertiary/aromatic N) is 5. The number of rotatable bonds is 5. The molecule has 3 fully saturated rings. The van der Waals surface area contributed by atoms with E-state index < -0.39 is 17.7 Å². The minimum atomic E-state index is -1.16. The van der Waals surface area contributed by atoms with Gasteiger partial charge in [-0.1, -0.05) is 25.5 Å². The molecule has 1 unspecified atom stereocenters. The molecule has 4 amide bonds. The summed E-state index contributed by atoms with van der Waals surface area (Å²) in [4.78, 5) is 58.5. The van der Waals surface area contributed by atoms with Gasteiger partial charge in [0.25, 0.3) is 5.91 Å². The first-order valence-corrected chi connectivity index (χ1v) is 14.3. The quantitative estimate of drug-likeness (QED) is 0.460. The number of carbonyl (C=O) groups excluding carboxylic acids is 4. The molecule has 0 spiro atoms. The Morgan fingerprint density at radius 2 is 1.90 bits per heavy atom. The molecule has 1 aromatic carbocycles. The van der Waals surface area contributed by atoms with Crippen molar-refractivity contribution in [3.8, 4) is 0 Å². The highest BCUT2D eigenvalue weighted by Crippen LogP contribution is 2.43. The van der Waals surface area contributed by atoms with Crippen molar-refractivity contribution in [2.75, 3.05) is 18.0 Å². The molecule has 212 valence electrons. The van der Waals surface area contributed by atoms with Crippen molar-refractivity contribution in [1.82, 2.24) is 25.0 Å². The topological polar surface area (TPSA) is 138 Å². The maximum atomic E-state index is 13.4. The van der Waals surface area contributed by atoms with Crippen LogP contribution in [0, 0.1) is 5.41 Å². The van der Waals surface area contributed by atoms with E-state index in [1.807, 2.05) is 30.2 Å². The van der Waals surface area contributed by atoms with Gasteiger partial charge in [0.1, 0.15) is 11.9 Å². The van der Waals surface area contributed by atoms with Crippen LogP contribution >= 0.6 is 0 Å². The summed E-state index contributed by atoms with van der Waals surface area (Å²) >= 11 is 0. The van der Waals surface area contributed by atoms with E-state index in [9.17, 15) is 24.3 Å². The number of imide groups is 1. The number of aliphatic hydroxyl groups is 1. The molecule has 2 N–H and O–H groups in total. The largest absolute Gasteiger partial charge is 0.369 e. The van der Waals surface area contributed by atoms with Crippen LogP contribution < -0.4 is 10.2 Å². The van der Waals surface area contributed by atoms with Crippen molar-refractivity contribution in [2.45, 2.75) is 70.1 Å². The monoisotopic (exact) mass is 556 g/mol. The summed E-state index contributed by atoms with van der Waals surface area (Å²) < 4.78 is 1.61. The third-order valence-electron chi connectivity index (χ3n) is 9.46. The minimum absolute atomic E-state index is 0.168. The Morgan fingerprint density at radius 3 is 2.61 bits per heavy atom. The van der Waals surface area contributed by atoms with Crippen LogP contribution in [-0.2, 0) is 26.5 Å². The molecule has 11 nitrogen and oxygen atoms in total. The summed E-state index contributed by atoms with van der Waals surface area (Å²) in [5, 5.41) is 19.8. The lowest BCUT2D eigenvalue weighted by molar-refractivity contribution is -0.155. The van der Waals surface area contributed by atoms with Gasteiger partial charge in [0.15, 0.2) is 5.72 Å². The zero-order valence-electron chi connectivity index (χ0n) is 22.9. The lowest BCUT2D eigenvalue weighted by Gasteiger charge is -2.44. The second-order valence-corrected chi connectivity index (χ2v) is 12.1. The van der Waals surface area contributed by atoms with E-state index in [0.29, 0.717) is 49.1 Å². The second-order valence-electron chi connectivity index (χ2n) is 12.1. The van der Waals surface area contributed by atoms with E-state index in [-0.39, 0.29) is 36.0 Å². The van der Waals surface area contributed by atoms with Crippen molar-refractivity contribution in [2.24, 2.45) is 5.41 Å². The van der Waals surface area contributed by atoms with Gasteiger partial charge < -0.3 is 10.0 Å². The highest BCUT2D eigenvalue weighted by Gasteiger charge is 2.45. The zero-order chi connectivity index (χ0) is 28.5. The summed E-state index contributed by atoms with van der Waals surface area (Å²) in [6.07, 6.45) is 9.99. The van der Waals surface area contributed by atoms with E-state index >= 15 is 0 Å². The van der Waals surface area contributed by atoms with Gasteiger partial charge in [-0.3, -0.25) is 29.4 Å². The molecule has 4 aliphatic rings. The van der Waals surface area contributed by atoms with Crippen LogP contribution in [0.1, 0.15) is 73.4 Å². The number of hydrogen-bond donors (Lipinski definition) is 2. The lowest BCUT2D eigenvalue weighted by Crippen LogP contribution is -2.53. The Hall–Kier alpha value is -4.12. The fourth-order valence-corrected chi connectivity index (χ4v) is 6.78. The first-order chi connectivity index (χ1) is 19.7. The molecule has 5 heterocycles. The van der Waals surface area contributed by atoms with Gasteiger partial charge >= 0.3 is 0 Å². The molecule has 0 radical (unpaired) electrons. The van der Waals surface area contributed by atoms with E-state index in [1.54, 1.807) is 23.1 Å². The fourth-order valence-electron chi connectivity index (χ4n) is 6.78. The number of amides is 4. The third kappa shape index (κ3) is 4.05. The first kappa shape index (κ1) is 25.8. The summed E-state index contributed by atoms with van der Waals surface area (Å²) in [7, 11) is 0. The predicted octanol–water partition coefficient (Wildman–Crippen LogP) is 2.25. The van der Waals surface area contributed by atoms with Crippen molar-refractivity contribution < 1.29 is 24.3 Å². The Morgan fingerprint density at radius 1 is 1.12 bits per heavy atom. The Kier molecular flexibility index (Phi) is 5.79. The van der Waals surface area contributed by atoms with Gasteiger partial charge in [0, 0.05) is 62.0 Å². The molecule has 1 atom stereocenters. The maximum absolute atomic E-state index is 13.4. The van der Waals surface area contributed by atoms with Crippen LogP contribution in [0.25, 0.3) is 10.8 Å². The fraction of sp³-hybridized carbons (Fsp3) is 0.467. The maximum Gasteiger partial charge on any atom is 0.260 e. The molecule has 2 aromatic heterocycles. The summed E-state index contributed by atoms with van der Waals surface area (Å²) in [6.45, 7) is 3.03. The molecule has 2 saturated heterocycles. The van der Waals surface area contributed by atoms with Gasteiger partial charge in [-0.25, -0.2) is 9.67 Å². The van der Waals surface area contributed by atoms with Crippen molar-refractivity contribution in [3.05, 3.63) is 53.5 Å². The van der Waals surface area contributed by atoms with Crippen LogP contribution in [-0.4, -0.2) is 67.5 Å². The summed E-state index contributed by atoms with van der Waals surface area (Å²) in [6, 6.07) is 4.71. The Bertz CT molecular complexity index is 1620. The number of carbonyl (C=O) groups is 4. The van der Waals surface area contributed by atoms with Crippen molar-refractivity contribution in [3.63, 3.8) is 0 Å². The van der Waals surface area contributed by atoms with Crippen LogP contribution in [0.2, 0.25) is 0 Å². The number of aromatic nitrogens is 3. The van der Waals surface area contributed by atoms with Crippen LogP contribution in [0.3, 0.4) is 0 Å². The van der Waals surface area contributed by atoms with Crippen molar-refractivity contribution >= 4 is 40.2 Å². The normalized spacial score (nSPS) is 23.1. The molecule has 11 heteroatoms. The van der Waals surface area contributed by atoms with Gasteiger partial charge in [0.2, 0.25) is 17.7 Å². The highest BCUT2D eigenvalue weighted by molar-refractivity contribution is 6.26. The van der Waals surface area contributed by atoms with E-state index in [1.165, 1.54) is 4.90 Å². The average Bonchev–Trinajstić information content (AvgIpc) is 3.53. The van der Waals surface area contributed by atoms with Gasteiger partial charge in [-0.2, -0.15) is 5.10 Å². The summed E-state index contributed by atoms with van der Waals surface area (Å²) in [5.74, 6) is -0.492. The molecule has 1 aliphatic carbocycles. The van der Waals surface area contributed by atoms with Crippen LogP contribution in [0.5, 0.6) is 0 Å². The molecule has 3 aromatic rings. The Labute approximate surface area is 236 Å². The average molecular weight is 557 g/mol. The Balaban J connectivity index is 1.11. The molecule has 1 saturated carbocycles. The third-order valence-corrected chi connectivity index (χ3v) is 9.46. The second kappa shape index (κ2) is 9.20. The predicted molar refractivity (Wildman–Crippen MR) is 148 cm³/mol. The molecular weight excluding hydrogens is 524 g/mol. The van der Waals surface area contributed by atoms with Crippen molar-refractivity contribution in [1.29, 1.82) is 0 Å². The number of piperidine rings is 2. The molecular formula is C30H32N6O5. The van der Waals surface area contributed by atoms with Crippen LogP contribution in [0.4, 0.5) is 5.82 Å². The first-order valence-electron chi connectivity index (χ1n) is 14.3. The number of benzene rings is 1. The summed E-state index contributed by atoms with van der Waals surface area (Å²) in [5.41, 5.74) is 0.853. The SMILES string of the molecule is CC1(C(=O)N2CCC(O)(n3cc(Cc4cnc5c6c(cccc46)C(=O)N5C4CCC(=O)NC4=O)cn3)CC2)CCC1. The highest BCUT2D eigenvalue weighted by atomic mass is 16.3. The van der Waals surface area contributed by atoms with E-state index in [4.69, 9.17) is 0 Å². The molecule has 41 heavy (non-hydrogen) atoms. The molecule has 0 bridgehead atoms. The lowest BCUT2D eigenvalue weighted by atomic mass is 9.69. The van der Waals surface area contributed by atoms with Gasteiger partial charge in [-0.15, -0.1) is 0 Å². The standard InChI is InChI=1S/C30H32N6O5/c1-29(8-3-9-29)28(40)34-12-10-30(41,11-13-34)35-17-18(15-32-35)14-19-16-31-25-24-20(19)4-2-5-21(24)27(39)36(25)22-6-7-23(37)33-26(22)38/h2,4-5,15-17,22,41H,3,6-14H2,1H3,(H,33,37,38). The smallest absolute Gasteiger partial charge is 0.260 e. The minimum Gasteiger partial charge on any atom is -0.369 e. The zero-order valence-corrected chi connectivity index (χ0v) is 22.9. The van der Waals surface area contributed by atoms with Crippen LogP contribution in [0.15, 0.2) is 36.8 Å². The number of anilines is 1. The van der Waals surface area contributed by atoms with Gasteiger partial charge in [0.05, 0.1) is 11.8 Å². The molecule has 3 aliphatic heterocycles. The number of nitrogens with one attached hydrogen (secondary N) is 1. The number of hydrogen-bond acceptors (Lipinski definition) is 7. The van der Waals surface area contributed by atoms with Gasteiger partial charge in [-0.05, 0) is 41.8 Å². The number of pyridine rings is 1. The van der Waals surface area contributed by atoms with E-state index in [0.717, 1.165) is 35.8 Å². The molecule has 7 rings (SSSR count).